The van der Waals surface area contributed by atoms with Crippen molar-refractivity contribution in [3.05, 3.63) is 11.6 Å². The molecule has 0 bridgehead atoms. The molecule has 3 atom stereocenters. The lowest BCUT2D eigenvalue weighted by Crippen LogP contribution is -2.52. The van der Waals surface area contributed by atoms with Gasteiger partial charge in [-0.25, -0.2) is 4.98 Å². The van der Waals surface area contributed by atoms with Gasteiger partial charge < -0.3 is 14.9 Å². The highest BCUT2D eigenvalue weighted by Gasteiger charge is 2.53. The summed E-state index contributed by atoms with van der Waals surface area (Å²) < 4.78 is 14.5. The van der Waals surface area contributed by atoms with E-state index in [9.17, 15) is 4.79 Å². The predicted molar refractivity (Wildman–Crippen MR) is 115 cm³/mol. The number of ether oxygens (including phenoxy) is 1. The number of nitrogen functional groups attached to an aromatic ring is 1. The first kappa shape index (κ1) is 22.1. The summed E-state index contributed by atoms with van der Waals surface area (Å²) >= 11 is 6.01. The quantitative estimate of drug-likeness (QED) is 0.533. The van der Waals surface area contributed by atoms with Crippen molar-refractivity contribution in [3.8, 4) is 0 Å². The minimum Gasteiger partial charge on any atom is -0.402 e. The fraction of sp³-hybridized carbons (Fsp3) is 0.684. The average Bonchev–Trinajstić information content (AvgIpc) is 3.14. The molecular formula is C19H30ClN5O3Si. The number of anilines is 1. The number of fused-ring (bicyclic) bond motifs is 1. The van der Waals surface area contributed by atoms with Crippen molar-refractivity contribution in [2.75, 3.05) is 5.73 Å². The Labute approximate surface area is 177 Å². The molecule has 0 saturated carbocycles. The van der Waals surface area contributed by atoms with Gasteiger partial charge in [0.25, 0.3) is 0 Å². The van der Waals surface area contributed by atoms with Gasteiger partial charge in [0.2, 0.25) is 13.6 Å². The SMILES string of the molecule is CC(C)[Si](O[C@@H]1C(=O)[C@@H](C)O[C@H]1n1cnc2c(N)nc(Cl)nc21)(C(C)C)C(C)C. The zero-order chi connectivity index (χ0) is 21.7. The van der Waals surface area contributed by atoms with E-state index in [2.05, 4.69) is 56.5 Å². The predicted octanol–water partition coefficient (Wildman–Crippen LogP) is 4.11. The van der Waals surface area contributed by atoms with Crippen molar-refractivity contribution in [1.29, 1.82) is 0 Å². The Morgan fingerprint density at radius 2 is 1.76 bits per heavy atom. The molecular weight excluding hydrogens is 410 g/mol. The lowest BCUT2D eigenvalue weighted by Gasteiger charge is -2.44. The summed E-state index contributed by atoms with van der Waals surface area (Å²) in [5.41, 5.74) is 7.78. The zero-order valence-electron chi connectivity index (χ0n) is 18.0. The average molecular weight is 440 g/mol. The van der Waals surface area contributed by atoms with Crippen molar-refractivity contribution in [2.24, 2.45) is 0 Å². The van der Waals surface area contributed by atoms with E-state index in [4.69, 9.17) is 26.5 Å². The maximum Gasteiger partial charge on any atom is 0.226 e. The number of rotatable bonds is 6. The molecule has 10 heteroatoms. The Kier molecular flexibility index (Phi) is 6.06. The fourth-order valence-electron chi connectivity index (χ4n) is 4.77. The number of nitrogens with two attached hydrogens (primary N) is 1. The topological polar surface area (TPSA) is 105 Å². The highest BCUT2D eigenvalue weighted by Crippen LogP contribution is 2.45. The lowest BCUT2D eigenvalue weighted by atomic mass is 10.2. The van der Waals surface area contributed by atoms with Gasteiger partial charge in [-0.1, -0.05) is 41.5 Å². The number of halogens is 1. The molecule has 1 fully saturated rings. The minimum atomic E-state index is -2.33. The third-order valence-electron chi connectivity index (χ3n) is 6.02. The minimum absolute atomic E-state index is 0.0156. The van der Waals surface area contributed by atoms with Crippen LogP contribution < -0.4 is 5.73 Å². The summed E-state index contributed by atoms with van der Waals surface area (Å²) in [6.07, 6.45) is -0.454. The normalized spacial score (nSPS) is 23.3. The van der Waals surface area contributed by atoms with Crippen LogP contribution in [0.15, 0.2) is 6.33 Å². The molecule has 160 valence electrons. The number of Topliss-reactive ketones (excluding diaryl/α,β-unsaturated/α-hetero) is 1. The summed E-state index contributed by atoms with van der Waals surface area (Å²) in [7, 11) is -2.33. The van der Waals surface area contributed by atoms with Crippen LogP contribution in [0.25, 0.3) is 11.2 Å². The van der Waals surface area contributed by atoms with Crippen LogP contribution in [-0.2, 0) is 14.0 Å². The van der Waals surface area contributed by atoms with E-state index in [-0.39, 0.29) is 16.9 Å². The van der Waals surface area contributed by atoms with Gasteiger partial charge in [0.15, 0.2) is 29.6 Å². The van der Waals surface area contributed by atoms with Gasteiger partial charge in [-0.05, 0) is 35.1 Å². The van der Waals surface area contributed by atoms with Gasteiger partial charge in [0.05, 0.1) is 6.33 Å². The number of aromatic nitrogens is 4. The Morgan fingerprint density at radius 3 is 2.31 bits per heavy atom. The molecule has 1 aliphatic heterocycles. The molecule has 2 N–H and O–H groups in total. The molecule has 0 aliphatic carbocycles. The third-order valence-corrected chi connectivity index (χ3v) is 12.3. The molecule has 0 unspecified atom stereocenters. The van der Waals surface area contributed by atoms with Gasteiger partial charge in [-0.15, -0.1) is 0 Å². The molecule has 2 aromatic heterocycles. The van der Waals surface area contributed by atoms with Crippen LogP contribution in [0.4, 0.5) is 5.82 Å². The summed E-state index contributed by atoms with van der Waals surface area (Å²) in [6.45, 7) is 14.9. The molecule has 29 heavy (non-hydrogen) atoms. The molecule has 0 radical (unpaired) electrons. The number of carbonyl (C=O) groups excluding carboxylic acids is 1. The summed E-state index contributed by atoms with van der Waals surface area (Å²) in [5.74, 6) is 0.118. The Morgan fingerprint density at radius 1 is 1.17 bits per heavy atom. The van der Waals surface area contributed by atoms with Gasteiger partial charge in [0, 0.05) is 0 Å². The molecule has 0 aromatic carbocycles. The molecule has 8 nitrogen and oxygen atoms in total. The van der Waals surface area contributed by atoms with Crippen LogP contribution in [0.3, 0.4) is 0 Å². The van der Waals surface area contributed by atoms with Crippen molar-refractivity contribution in [1.82, 2.24) is 19.5 Å². The molecule has 1 aliphatic rings. The number of hydrogen-bond donors (Lipinski definition) is 1. The van der Waals surface area contributed by atoms with E-state index >= 15 is 0 Å². The molecule has 3 rings (SSSR count). The molecule has 3 heterocycles. The van der Waals surface area contributed by atoms with Crippen molar-refractivity contribution >= 4 is 42.7 Å². The highest BCUT2D eigenvalue weighted by atomic mass is 35.5. The molecule has 0 amide bonds. The molecule has 0 spiro atoms. The summed E-state index contributed by atoms with van der Waals surface area (Å²) in [4.78, 5) is 25.6. The number of carbonyl (C=O) groups is 1. The molecule has 2 aromatic rings. The van der Waals surface area contributed by atoms with E-state index in [0.717, 1.165) is 0 Å². The maximum absolute atomic E-state index is 13.1. The number of ketones is 1. The van der Waals surface area contributed by atoms with Crippen LogP contribution in [0, 0.1) is 0 Å². The second-order valence-corrected chi connectivity index (χ2v) is 14.4. The van der Waals surface area contributed by atoms with Crippen LogP contribution in [0.5, 0.6) is 0 Å². The standard InChI is InChI=1S/C19H30ClN5O3Si/c1-9(2)29(10(3)4,11(5)6)28-15-14(26)12(7)27-18(15)25-8-22-13-16(21)23-19(20)24-17(13)25/h8-12,15,18H,1-7H3,(H2,21,23,24)/t12-,15-,18-/m1/s1. The third kappa shape index (κ3) is 3.58. The zero-order valence-corrected chi connectivity index (χ0v) is 19.8. The second kappa shape index (κ2) is 7.94. The van der Waals surface area contributed by atoms with E-state index < -0.39 is 26.8 Å². The first-order chi connectivity index (χ1) is 13.5. The van der Waals surface area contributed by atoms with Gasteiger partial charge >= 0.3 is 0 Å². The van der Waals surface area contributed by atoms with Crippen molar-refractivity contribution in [3.63, 3.8) is 0 Å². The summed E-state index contributed by atoms with van der Waals surface area (Å²) in [6, 6.07) is 0. The fourth-order valence-corrected chi connectivity index (χ4v) is 10.4. The van der Waals surface area contributed by atoms with E-state index in [1.54, 1.807) is 17.8 Å². The number of nitrogens with zero attached hydrogens (tertiary/aromatic N) is 4. The monoisotopic (exact) mass is 439 g/mol. The second-order valence-electron chi connectivity index (χ2n) is 8.63. The highest BCUT2D eigenvalue weighted by molar-refractivity contribution is 6.77. The number of imidazole rings is 1. The first-order valence-electron chi connectivity index (χ1n) is 10.0. The van der Waals surface area contributed by atoms with E-state index in [1.165, 1.54) is 0 Å². The van der Waals surface area contributed by atoms with Crippen LogP contribution in [-0.4, -0.2) is 45.8 Å². The van der Waals surface area contributed by atoms with E-state index in [1.807, 2.05) is 0 Å². The lowest BCUT2D eigenvalue weighted by molar-refractivity contribution is -0.126. The van der Waals surface area contributed by atoms with Gasteiger partial charge in [0.1, 0.15) is 11.6 Å². The molecule has 1 saturated heterocycles. The van der Waals surface area contributed by atoms with E-state index in [0.29, 0.717) is 27.8 Å². The summed E-state index contributed by atoms with van der Waals surface area (Å²) in [5, 5.41) is 0.0156. The van der Waals surface area contributed by atoms with Gasteiger partial charge in [-0.2, -0.15) is 9.97 Å². The van der Waals surface area contributed by atoms with Crippen molar-refractivity contribution < 1.29 is 14.0 Å². The van der Waals surface area contributed by atoms with Crippen LogP contribution >= 0.6 is 11.6 Å². The smallest absolute Gasteiger partial charge is 0.226 e. The first-order valence-corrected chi connectivity index (χ1v) is 12.5. The Balaban J connectivity index is 2.09. The van der Waals surface area contributed by atoms with Crippen LogP contribution in [0.1, 0.15) is 54.7 Å². The Bertz CT molecular complexity index is 895. The van der Waals surface area contributed by atoms with Crippen molar-refractivity contribution in [2.45, 2.75) is 83.5 Å². The largest absolute Gasteiger partial charge is 0.402 e. The maximum atomic E-state index is 13.1. The van der Waals surface area contributed by atoms with Gasteiger partial charge in [-0.3, -0.25) is 9.36 Å². The number of hydrogen-bond acceptors (Lipinski definition) is 7. The Hall–Kier alpha value is -1.55. The van der Waals surface area contributed by atoms with Crippen LogP contribution in [0.2, 0.25) is 21.9 Å².